The van der Waals surface area contributed by atoms with Crippen LogP contribution in [0.15, 0.2) is 148 Å². The molecule has 5 aromatic heterocycles. The molecule has 0 unspecified atom stereocenters. The number of alkyl carbamates (subject to hydrolysis) is 1. The van der Waals surface area contributed by atoms with Gasteiger partial charge >= 0.3 is 12.1 Å². The summed E-state index contributed by atoms with van der Waals surface area (Å²) in [4.78, 5) is 96.6. The summed E-state index contributed by atoms with van der Waals surface area (Å²) >= 11 is 9.92. The first-order chi connectivity index (χ1) is 39.5. The lowest BCUT2D eigenvalue weighted by Crippen LogP contribution is -2.50. The molecule has 28 heteroatoms. The van der Waals surface area contributed by atoms with Crippen molar-refractivity contribution in [1.29, 1.82) is 0 Å². The molecule has 5 amide bonds. The molecule has 464 valence electrons. The van der Waals surface area contributed by atoms with Gasteiger partial charge in [-0.1, -0.05) is 58.7 Å². The van der Waals surface area contributed by atoms with Gasteiger partial charge in [0, 0.05) is 77.7 Å². The first-order valence-corrected chi connectivity index (χ1v) is 27.3. The van der Waals surface area contributed by atoms with Crippen molar-refractivity contribution in [3.8, 4) is 40.2 Å². The lowest BCUT2D eigenvalue weighted by molar-refractivity contribution is -0.121. The molecule has 0 fully saturated rings. The van der Waals surface area contributed by atoms with Crippen LogP contribution < -0.4 is 54.8 Å². The Balaban J connectivity index is 0.000000310. The Bertz CT molecular complexity index is 3490. The summed E-state index contributed by atoms with van der Waals surface area (Å²) in [7, 11) is 4.81. The molecule has 0 aliphatic carbocycles. The highest BCUT2D eigenvalue weighted by Crippen LogP contribution is 2.33. The van der Waals surface area contributed by atoms with E-state index in [1.54, 1.807) is 103 Å². The number of para-hydroxylation sites is 2. The number of ether oxygens (including phenoxy) is 6. The van der Waals surface area contributed by atoms with Gasteiger partial charge in [0.1, 0.15) is 72.2 Å². The molecule has 0 saturated heterocycles. The van der Waals surface area contributed by atoms with E-state index in [2.05, 4.69) is 83.3 Å². The van der Waals surface area contributed by atoms with Gasteiger partial charge in [0.25, 0.3) is 17.7 Å². The number of nitrogens with two attached hydrogens (primary N) is 1. The zero-order valence-electron chi connectivity index (χ0n) is 45.6. The van der Waals surface area contributed by atoms with Gasteiger partial charge in [-0.3, -0.25) is 38.9 Å². The van der Waals surface area contributed by atoms with Gasteiger partial charge in [-0.25, -0.2) is 29.5 Å². The second-order valence-electron chi connectivity index (χ2n) is 18.8. The van der Waals surface area contributed by atoms with Crippen LogP contribution in [-0.2, 0) is 19.1 Å². The van der Waals surface area contributed by atoms with E-state index in [9.17, 15) is 28.8 Å². The minimum atomic E-state index is -1.07. The summed E-state index contributed by atoms with van der Waals surface area (Å²) in [5.41, 5.74) is 5.08. The summed E-state index contributed by atoms with van der Waals surface area (Å²) in [5.74, 6) is 2.56. The summed E-state index contributed by atoms with van der Waals surface area (Å²) in [6, 6.07) is 27.4. The Hall–Kier alpha value is -8.50. The van der Waals surface area contributed by atoms with Crippen molar-refractivity contribution in [3.63, 3.8) is 0 Å². The fourth-order valence-corrected chi connectivity index (χ4v) is 8.34. The predicted octanol–water partition coefficient (Wildman–Crippen LogP) is 10.7. The minimum absolute atomic E-state index is 0. The molecular formula is C59H67Br3ClN11O13. The second kappa shape index (κ2) is 33.4. The van der Waals surface area contributed by atoms with Gasteiger partial charge in [0.15, 0.2) is 40.4 Å². The highest BCUT2D eigenvalue weighted by atomic mass is 79.9. The van der Waals surface area contributed by atoms with Crippen LogP contribution in [0.5, 0.6) is 40.2 Å². The Morgan fingerprint density at radius 1 is 0.563 bits per heavy atom. The van der Waals surface area contributed by atoms with E-state index < -0.39 is 41.7 Å². The van der Waals surface area contributed by atoms with Crippen molar-refractivity contribution in [3.05, 3.63) is 159 Å². The number of pyridine rings is 5. The van der Waals surface area contributed by atoms with E-state index in [1.807, 2.05) is 48.5 Å². The second-order valence-corrected chi connectivity index (χ2v) is 21.5. The molecule has 8 heterocycles. The zero-order valence-corrected chi connectivity index (χ0v) is 51.2. The normalized spacial score (nSPS) is 15.3. The Morgan fingerprint density at radius 2 is 0.943 bits per heavy atom. The number of fused-ring (bicyclic) bond motifs is 3. The number of carbonyl (C=O) groups excluding carboxylic acids is 5. The molecule has 0 spiro atoms. The largest absolute Gasteiger partial charge is 0.487 e. The van der Waals surface area contributed by atoms with Crippen molar-refractivity contribution in [2.45, 2.75) is 66.8 Å². The lowest BCUT2D eigenvalue weighted by Gasteiger charge is -2.23. The number of benzene rings is 2. The summed E-state index contributed by atoms with van der Waals surface area (Å²) in [6.07, 6.45) is 6.98. The molecule has 0 saturated carbocycles. The lowest BCUT2D eigenvalue weighted by atomic mass is 10.2. The molecule has 3 aliphatic heterocycles. The van der Waals surface area contributed by atoms with Crippen LogP contribution >= 0.6 is 60.2 Å². The number of carboxylic acids is 1. The van der Waals surface area contributed by atoms with Gasteiger partial charge in [-0.15, -0.1) is 12.4 Å². The van der Waals surface area contributed by atoms with Crippen LogP contribution in [0, 0.1) is 0 Å². The minimum Gasteiger partial charge on any atom is -0.487 e. The number of nitrogens with one attached hydrogen (secondary N) is 2. The number of likely N-dealkylation sites (N-methyl/N-ethyl adjacent to an activating group) is 3. The van der Waals surface area contributed by atoms with Crippen LogP contribution in [0.4, 0.5) is 22.2 Å². The molecule has 10 rings (SSSR count). The third-order valence-corrected chi connectivity index (χ3v) is 12.7. The van der Waals surface area contributed by atoms with E-state index in [0.717, 1.165) is 13.4 Å². The summed E-state index contributed by atoms with van der Waals surface area (Å²) in [6.45, 7) is 5.41. The Labute approximate surface area is 535 Å². The fraction of sp³-hybridized carbons (Fsp3) is 0.271. The van der Waals surface area contributed by atoms with Crippen LogP contribution in [-0.4, -0.2) is 130 Å². The molecular weight excluding hydrogens is 1350 g/mol. The van der Waals surface area contributed by atoms with Crippen LogP contribution in [0.2, 0.25) is 0 Å². The molecule has 2 aromatic carbocycles. The maximum Gasteiger partial charge on any atom is 0.408 e. The molecule has 24 nitrogen and oxygen atoms in total. The van der Waals surface area contributed by atoms with Crippen LogP contribution in [0.25, 0.3) is 0 Å². The Kier molecular flexibility index (Phi) is 27.9. The number of hydrogen-bond donors (Lipinski definition) is 4. The molecule has 5 N–H and O–H groups in total. The van der Waals surface area contributed by atoms with Crippen molar-refractivity contribution in [2.75, 3.05) is 55.7 Å². The first-order valence-electron chi connectivity index (χ1n) is 24.9. The number of anilines is 3. The van der Waals surface area contributed by atoms with Crippen molar-refractivity contribution in [1.82, 2.24) is 35.6 Å². The maximum atomic E-state index is 12.8. The number of carbonyl (C=O) groups is 6. The van der Waals surface area contributed by atoms with E-state index >= 15 is 0 Å². The highest BCUT2D eigenvalue weighted by Gasteiger charge is 2.34. The average Bonchev–Trinajstić information content (AvgIpc) is 2.11. The zero-order chi connectivity index (χ0) is 60.0. The van der Waals surface area contributed by atoms with Crippen molar-refractivity contribution in [2.24, 2.45) is 5.73 Å². The van der Waals surface area contributed by atoms with Crippen molar-refractivity contribution >= 4 is 113 Å². The fourth-order valence-electron chi connectivity index (χ4n) is 7.41. The average molecular weight is 1410 g/mol. The number of halogens is 4. The van der Waals surface area contributed by atoms with Gasteiger partial charge < -0.3 is 49.9 Å². The molecule has 7 aromatic rings. The number of aromatic nitrogens is 5. The summed E-state index contributed by atoms with van der Waals surface area (Å²) in [5, 5.41) is 14.0. The summed E-state index contributed by atoms with van der Waals surface area (Å²) < 4.78 is 35.3. The van der Waals surface area contributed by atoms with E-state index in [0.29, 0.717) is 57.7 Å². The monoisotopic (exact) mass is 1410 g/mol. The number of amides is 5. The predicted molar refractivity (Wildman–Crippen MR) is 341 cm³/mol. The Morgan fingerprint density at radius 3 is 1.36 bits per heavy atom. The van der Waals surface area contributed by atoms with Gasteiger partial charge in [-0.05, 0) is 123 Å². The van der Waals surface area contributed by atoms with Gasteiger partial charge in [0.05, 0.1) is 0 Å². The number of carboxylic acid groups (broad SMARTS) is 1. The van der Waals surface area contributed by atoms with E-state index in [4.69, 9.17) is 39.3 Å². The van der Waals surface area contributed by atoms with Gasteiger partial charge in [0.2, 0.25) is 5.91 Å². The third-order valence-electron chi connectivity index (χ3n) is 11.4. The molecule has 3 atom stereocenters. The quantitative estimate of drug-likeness (QED) is 0.110. The van der Waals surface area contributed by atoms with E-state index in [-0.39, 0.29) is 83.6 Å². The smallest absolute Gasteiger partial charge is 0.408 e. The van der Waals surface area contributed by atoms with Crippen LogP contribution in [0.1, 0.15) is 64.0 Å². The van der Waals surface area contributed by atoms with E-state index in [1.165, 1.54) is 39.2 Å². The molecule has 87 heavy (non-hydrogen) atoms. The van der Waals surface area contributed by atoms with Crippen molar-refractivity contribution < 1.29 is 62.3 Å². The molecule has 0 bridgehead atoms. The SMILES string of the molecule is C.C.C.CN1C(=O)[C@@H](N)COc2cc(Br)cnc21.CN1C(=O)[C@@H](NC(=O)OC(C)(C)C)COc2cc(Br)cnc21.CN1C(=O)[C@@H](NC(=O)c2cc(Oc3ccccc3)ccn2)COc2cc(Br)cnc21.Cl.O=C(O)c1cc(Oc2ccccc2)ccn1. The number of hydrogen-bond acceptors (Lipinski definition) is 18. The number of rotatable bonds is 8. The molecule has 0 radical (unpaired) electrons. The topological polar surface area (TPSA) is 302 Å². The van der Waals surface area contributed by atoms with Gasteiger partial charge in [-0.2, -0.15) is 0 Å². The maximum absolute atomic E-state index is 12.8. The number of aromatic carboxylic acids is 1. The standard InChI is InChI=1S/C21H17BrN4O4.C14H18BrN3O4.C12H9NO3.C9H10BrN3O2.3CH4.ClH/c1-26-19-18(9-13(22)11-24-19)29-12-17(21(26)28)25-20(27)16-10-15(7-8-23-16)30-14-5-3-2-4-6-14;1-14(2,3)22-13(20)17-9-7-21-10-5-8(15)6-16-11(10)18(4)12(9)19;14-12(15)11-8-10(6-7-13-11)16-9-4-2-1-3-5-9;1-13-8-7(2-5(10)3-12-8)15-4-6(11)9(13)14;;;;/h2-11,17H,12H2,1H3,(H,25,27);5-6,9H,7H2,1-4H3,(H,17,20);1-8H,(H,14,15);2-3,6H,4,11H2,1H3;3*1H4;1H/t17-;9-;;6-;;;;/m00.0..../s1. The first kappa shape index (κ1) is 72.8. The highest BCUT2D eigenvalue weighted by molar-refractivity contribution is 9.11. The molecule has 3 aliphatic rings. The third kappa shape index (κ3) is 20.6. The number of nitrogens with zero attached hydrogens (tertiary/aromatic N) is 8. The van der Waals surface area contributed by atoms with Crippen LogP contribution in [0.3, 0.4) is 0 Å².